The Balaban J connectivity index is 1.58. The molecule has 6 nitrogen and oxygen atoms in total. The van der Waals surface area contributed by atoms with Crippen molar-refractivity contribution >= 4 is 28.3 Å². The molecule has 1 saturated heterocycles. The van der Waals surface area contributed by atoms with E-state index in [1.54, 1.807) is 31.3 Å². The zero-order valence-corrected chi connectivity index (χ0v) is 21.6. The van der Waals surface area contributed by atoms with Crippen molar-refractivity contribution in [1.82, 2.24) is 15.2 Å². The highest BCUT2D eigenvalue weighted by atomic mass is 19.1. The summed E-state index contributed by atoms with van der Waals surface area (Å²) in [5.74, 6) is -0.447. The van der Waals surface area contributed by atoms with Crippen LogP contribution in [0, 0.1) is 25.6 Å². The molecule has 2 amide bonds. The maximum absolute atomic E-state index is 15.0. The van der Waals surface area contributed by atoms with Gasteiger partial charge in [-0.3, -0.25) is 9.59 Å². The average molecular weight is 502 g/mol. The van der Waals surface area contributed by atoms with Gasteiger partial charge in [0, 0.05) is 37.0 Å². The lowest BCUT2D eigenvalue weighted by atomic mass is 9.81. The van der Waals surface area contributed by atoms with E-state index in [0.717, 1.165) is 34.9 Å². The second-order valence-electron chi connectivity index (χ2n) is 9.84. The number of hydrogen-bond acceptors (Lipinski definition) is 4. The minimum Gasteiger partial charge on any atom is -0.378 e. The van der Waals surface area contributed by atoms with Gasteiger partial charge in [-0.15, -0.1) is 0 Å². The lowest BCUT2D eigenvalue weighted by molar-refractivity contribution is -0.139. The van der Waals surface area contributed by atoms with Crippen LogP contribution < -0.4 is 5.32 Å². The van der Waals surface area contributed by atoms with E-state index in [-0.39, 0.29) is 29.2 Å². The number of fused-ring (bicyclic) bond motifs is 1. The van der Waals surface area contributed by atoms with Gasteiger partial charge in [-0.05, 0) is 79.1 Å². The van der Waals surface area contributed by atoms with Crippen molar-refractivity contribution in [3.8, 4) is 11.1 Å². The molecule has 1 aliphatic carbocycles. The van der Waals surface area contributed by atoms with Gasteiger partial charge in [0.25, 0.3) is 5.91 Å². The Morgan fingerprint density at radius 3 is 2.54 bits per heavy atom. The van der Waals surface area contributed by atoms with E-state index >= 15 is 0 Å². The summed E-state index contributed by atoms with van der Waals surface area (Å²) in [6.45, 7) is 6.63. The first kappa shape index (κ1) is 25.1. The summed E-state index contributed by atoms with van der Waals surface area (Å²) in [5.41, 5.74) is 6.39. The summed E-state index contributed by atoms with van der Waals surface area (Å²) >= 11 is 0. The van der Waals surface area contributed by atoms with Gasteiger partial charge in [0.1, 0.15) is 11.5 Å². The largest absolute Gasteiger partial charge is 0.378 e. The third-order valence-electron chi connectivity index (χ3n) is 7.57. The molecule has 192 valence electrons. The van der Waals surface area contributed by atoms with E-state index in [4.69, 9.17) is 4.74 Å². The minimum atomic E-state index is -0.347. The van der Waals surface area contributed by atoms with Crippen LogP contribution >= 0.6 is 0 Å². The number of aryl methyl sites for hydroxylation is 2. The Hall–Kier alpha value is -3.58. The Bertz CT molecular complexity index is 1410. The number of halogens is 1. The van der Waals surface area contributed by atoms with Crippen LogP contribution in [0.3, 0.4) is 0 Å². The molecular formula is C30H32FN3O3. The second-order valence-corrected chi connectivity index (χ2v) is 9.84. The van der Waals surface area contributed by atoms with Crippen LogP contribution in [0.2, 0.25) is 0 Å². The number of pyridine rings is 1. The zero-order chi connectivity index (χ0) is 26.1. The lowest BCUT2D eigenvalue weighted by Crippen LogP contribution is -2.44. The summed E-state index contributed by atoms with van der Waals surface area (Å²) in [7, 11) is 1.56. The van der Waals surface area contributed by atoms with Crippen molar-refractivity contribution in [1.29, 1.82) is 0 Å². The second kappa shape index (κ2) is 10.4. The van der Waals surface area contributed by atoms with E-state index in [1.165, 1.54) is 11.6 Å². The molecule has 37 heavy (non-hydrogen) atoms. The molecule has 2 aliphatic rings. The molecule has 1 N–H and O–H groups in total. The summed E-state index contributed by atoms with van der Waals surface area (Å²) in [4.78, 5) is 32.1. The van der Waals surface area contributed by atoms with Crippen LogP contribution in [0.4, 0.5) is 4.39 Å². The highest BCUT2D eigenvalue weighted by molar-refractivity contribution is 6.04. The van der Waals surface area contributed by atoms with Gasteiger partial charge in [0.2, 0.25) is 5.91 Å². The standard InChI is InChI=1S/C30H32FN3O3/c1-18-16-25-28(23(17-26(33-25)29(35)32-3)22-6-4-5-7-24(22)31)19(2)27(18)20-8-10-21(11-9-20)30(36)34-12-14-37-15-13-34/h4-8,16-17,21H,9-15H2,1-3H3,(H,32,35). The Morgan fingerprint density at radius 1 is 1.11 bits per heavy atom. The van der Waals surface area contributed by atoms with Gasteiger partial charge in [0.05, 0.1) is 18.7 Å². The molecule has 3 aromatic rings. The maximum Gasteiger partial charge on any atom is 0.269 e. The van der Waals surface area contributed by atoms with Crippen molar-refractivity contribution < 1.29 is 18.7 Å². The molecular weight excluding hydrogens is 469 g/mol. The third kappa shape index (κ3) is 4.76. The molecule has 1 fully saturated rings. The van der Waals surface area contributed by atoms with Crippen LogP contribution in [-0.4, -0.2) is 55.0 Å². The summed E-state index contributed by atoms with van der Waals surface area (Å²) < 4.78 is 20.4. The van der Waals surface area contributed by atoms with E-state index in [9.17, 15) is 14.0 Å². The fourth-order valence-corrected chi connectivity index (χ4v) is 5.72. The van der Waals surface area contributed by atoms with Crippen molar-refractivity contribution in [3.63, 3.8) is 0 Å². The van der Waals surface area contributed by atoms with E-state index in [0.29, 0.717) is 49.4 Å². The van der Waals surface area contributed by atoms with E-state index in [2.05, 4.69) is 16.4 Å². The van der Waals surface area contributed by atoms with Crippen molar-refractivity contribution in [2.75, 3.05) is 33.4 Å². The minimum absolute atomic E-state index is 0.00586. The SMILES string of the molecule is CNC(=O)c1cc(-c2ccccc2F)c2c(C)c(C3=CCC(C(=O)N4CCOCC4)CC3)c(C)cc2n1. The predicted molar refractivity (Wildman–Crippen MR) is 143 cm³/mol. The predicted octanol–water partition coefficient (Wildman–Crippen LogP) is 5.06. The number of morpholine rings is 1. The molecule has 5 rings (SSSR count). The van der Waals surface area contributed by atoms with Crippen LogP contribution in [0.5, 0.6) is 0 Å². The average Bonchev–Trinajstić information content (AvgIpc) is 2.92. The highest BCUT2D eigenvalue weighted by Gasteiger charge is 2.29. The molecule has 2 aromatic carbocycles. The van der Waals surface area contributed by atoms with Gasteiger partial charge >= 0.3 is 0 Å². The number of aromatic nitrogens is 1. The monoisotopic (exact) mass is 501 g/mol. The van der Waals surface area contributed by atoms with Crippen molar-refractivity contribution in [3.05, 3.63) is 70.7 Å². The Kier molecular flexibility index (Phi) is 7.07. The molecule has 1 aliphatic heterocycles. The summed E-state index contributed by atoms with van der Waals surface area (Å²) in [5, 5.41) is 3.46. The fraction of sp³-hybridized carbons (Fsp3) is 0.367. The Labute approximate surface area is 216 Å². The van der Waals surface area contributed by atoms with Gasteiger partial charge < -0.3 is 15.0 Å². The first-order chi connectivity index (χ1) is 17.9. The first-order valence-electron chi connectivity index (χ1n) is 12.9. The van der Waals surface area contributed by atoms with Crippen LogP contribution in [0.15, 0.2) is 42.5 Å². The van der Waals surface area contributed by atoms with Crippen LogP contribution in [0.25, 0.3) is 27.6 Å². The number of hydrogen-bond donors (Lipinski definition) is 1. The number of carbonyl (C=O) groups is 2. The van der Waals surface area contributed by atoms with E-state index < -0.39 is 0 Å². The van der Waals surface area contributed by atoms with Crippen molar-refractivity contribution in [2.45, 2.75) is 33.1 Å². The fourth-order valence-electron chi connectivity index (χ4n) is 5.72. The molecule has 1 unspecified atom stereocenters. The molecule has 0 radical (unpaired) electrons. The topological polar surface area (TPSA) is 71.5 Å². The van der Waals surface area contributed by atoms with Gasteiger partial charge in [-0.1, -0.05) is 24.3 Å². The van der Waals surface area contributed by atoms with Gasteiger partial charge in [-0.25, -0.2) is 9.37 Å². The van der Waals surface area contributed by atoms with Gasteiger partial charge in [-0.2, -0.15) is 0 Å². The first-order valence-corrected chi connectivity index (χ1v) is 12.9. The number of nitrogens with zero attached hydrogens (tertiary/aromatic N) is 2. The number of nitrogens with one attached hydrogen (secondary N) is 1. The quantitative estimate of drug-likeness (QED) is 0.543. The van der Waals surface area contributed by atoms with Gasteiger partial charge in [0.15, 0.2) is 0 Å². The normalized spacial score (nSPS) is 18.0. The molecule has 2 heterocycles. The molecule has 0 bridgehead atoms. The number of allylic oxidation sites excluding steroid dienone is 2. The zero-order valence-electron chi connectivity index (χ0n) is 21.6. The molecule has 7 heteroatoms. The smallest absolute Gasteiger partial charge is 0.269 e. The third-order valence-corrected chi connectivity index (χ3v) is 7.57. The van der Waals surface area contributed by atoms with E-state index in [1.807, 2.05) is 24.8 Å². The molecule has 1 aromatic heterocycles. The molecule has 1 atom stereocenters. The van der Waals surface area contributed by atoms with Crippen LogP contribution in [-0.2, 0) is 9.53 Å². The number of carbonyl (C=O) groups excluding carboxylic acids is 2. The molecule has 0 saturated carbocycles. The number of amides is 2. The van der Waals surface area contributed by atoms with Crippen molar-refractivity contribution in [2.24, 2.45) is 5.92 Å². The number of benzene rings is 2. The molecule has 0 spiro atoms. The number of ether oxygens (including phenoxy) is 1. The summed E-state index contributed by atoms with van der Waals surface area (Å²) in [6.07, 6.45) is 4.50. The lowest BCUT2D eigenvalue weighted by Gasteiger charge is -2.32. The highest BCUT2D eigenvalue weighted by Crippen LogP contribution is 2.40. The van der Waals surface area contributed by atoms with Crippen LogP contribution in [0.1, 0.15) is 46.4 Å². The Morgan fingerprint density at radius 2 is 1.86 bits per heavy atom. The summed E-state index contributed by atoms with van der Waals surface area (Å²) in [6, 6.07) is 10.3. The maximum atomic E-state index is 15.0. The number of rotatable bonds is 4.